The summed E-state index contributed by atoms with van der Waals surface area (Å²) in [7, 11) is -4.12. The molecule has 0 spiro atoms. The van der Waals surface area contributed by atoms with E-state index < -0.39 is 34.1 Å². The molecule has 1 amide bonds. The van der Waals surface area contributed by atoms with Crippen LogP contribution in [0.25, 0.3) is 0 Å². The van der Waals surface area contributed by atoms with Crippen molar-refractivity contribution in [1.82, 2.24) is 9.73 Å². The zero-order valence-electron chi connectivity index (χ0n) is 16.9. The van der Waals surface area contributed by atoms with Gasteiger partial charge in [-0.05, 0) is 54.1 Å². The van der Waals surface area contributed by atoms with E-state index in [1.165, 1.54) is 66.7 Å². The summed E-state index contributed by atoms with van der Waals surface area (Å²) < 4.78 is 54.3. The number of halogens is 4. The number of hydrazone groups is 1. The number of carbonyl (C=O) groups excluding carboxylic acids is 1. The topological polar surface area (TPSA) is 78.8 Å². The first-order valence-corrected chi connectivity index (χ1v) is 11.6. The van der Waals surface area contributed by atoms with Crippen molar-refractivity contribution in [3.63, 3.8) is 0 Å². The minimum absolute atomic E-state index is 0.0311. The third-order valence-electron chi connectivity index (χ3n) is 4.43. The zero-order chi connectivity index (χ0) is 24.0. The maximum Gasteiger partial charge on any atom is 0.255 e. The molecule has 0 fully saturated rings. The number of benzene rings is 3. The number of rotatable bonds is 8. The molecule has 3 aromatic rings. The van der Waals surface area contributed by atoms with Gasteiger partial charge in [-0.1, -0.05) is 41.4 Å². The number of nitrogens with one attached hydrogen (secondary N) is 1. The number of amides is 1. The normalized spacial score (nSPS) is 11.8. The van der Waals surface area contributed by atoms with Crippen LogP contribution in [0.15, 0.2) is 76.7 Å². The van der Waals surface area contributed by atoms with Gasteiger partial charge in [0.15, 0.2) is 0 Å². The van der Waals surface area contributed by atoms with Crippen LogP contribution in [-0.2, 0) is 21.4 Å². The fourth-order valence-corrected chi connectivity index (χ4v) is 4.50. The van der Waals surface area contributed by atoms with Crippen molar-refractivity contribution < 1.29 is 22.0 Å². The molecule has 0 aliphatic heterocycles. The number of nitrogens with zero attached hydrogens (tertiary/aromatic N) is 2. The lowest BCUT2D eigenvalue weighted by molar-refractivity contribution is -0.121. The molecule has 0 aliphatic rings. The Hall–Kier alpha value is -2.85. The van der Waals surface area contributed by atoms with Gasteiger partial charge in [-0.2, -0.15) is 9.41 Å². The molecular formula is C22H17Cl2F2N3O3S. The fraction of sp³-hybridized carbons (Fsp3) is 0.0909. The Balaban J connectivity index is 1.81. The summed E-state index contributed by atoms with van der Waals surface area (Å²) in [6.45, 7) is -0.813. The summed E-state index contributed by atoms with van der Waals surface area (Å²) in [5.74, 6) is -1.90. The van der Waals surface area contributed by atoms with E-state index >= 15 is 0 Å². The Kier molecular flexibility index (Phi) is 8.15. The van der Waals surface area contributed by atoms with E-state index in [0.29, 0.717) is 10.6 Å². The molecule has 172 valence electrons. The molecule has 0 atom stereocenters. The Morgan fingerprint density at radius 2 is 1.67 bits per heavy atom. The van der Waals surface area contributed by atoms with Crippen LogP contribution in [0.5, 0.6) is 0 Å². The number of carbonyl (C=O) groups is 1. The molecule has 6 nitrogen and oxygen atoms in total. The van der Waals surface area contributed by atoms with Crippen LogP contribution in [0, 0.1) is 11.6 Å². The predicted molar refractivity (Wildman–Crippen MR) is 123 cm³/mol. The largest absolute Gasteiger partial charge is 0.272 e. The van der Waals surface area contributed by atoms with Gasteiger partial charge in [-0.25, -0.2) is 22.6 Å². The summed E-state index contributed by atoms with van der Waals surface area (Å²) in [4.78, 5) is 12.4. The highest BCUT2D eigenvalue weighted by molar-refractivity contribution is 7.89. The summed E-state index contributed by atoms with van der Waals surface area (Å²) in [6.07, 6.45) is 1.02. The van der Waals surface area contributed by atoms with Crippen LogP contribution in [0.3, 0.4) is 0 Å². The second-order valence-electron chi connectivity index (χ2n) is 6.78. The first-order valence-electron chi connectivity index (χ1n) is 9.43. The maximum absolute atomic E-state index is 13.8. The predicted octanol–water partition coefficient (Wildman–Crippen LogP) is 4.61. The molecule has 0 aromatic heterocycles. The first-order chi connectivity index (χ1) is 15.7. The molecule has 11 heteroatoms. The highest BCUT2D eigenvalue weighted by Gasteiger charge is 2.27. The fourth-order valence-electron chi connectivity index (χ4n) is 2.77. The smallest absolute Gasteiger partial charge is 0.255 e. The summed E-state index contributed by atoms with van der Waals surface area (Å²) in [5.41, 5.74) is 2.59. The molecule has 3 rings (SSSR count). The highest BCUT2D eigenvalue weighted by atomic mass is 35.5. The highest BCUT2D eigenvalue weighted by Crippen LogP contribution is 2.21. The van der Waals surface area contributed by atoms with E-state index in [1.54, 1.807) is 0 Å². The van der Waals surface area contributed by atoms with Crippen molar-refractivity contribution in [1.29, 1.82) is 0 Å². The monoisotopic (exact) mass is 511 g/mol. The minimum Gasteiger partial charge on any atom is -0.272 e. The molecular weight excluding hydrogens is 495 g/mol. The SMILES string of the molecule is O=C(CN(Cc1ccc(F)cc1)S(=O)(=O)c1ccc(Cl)cc1)N/N=C\c1c(F)cccc1Cl. The van der Waals surface area contributed by atoms with Gasteiger partial charge >= 0.3 is 0 Å². The van der Waals surface area contributed by atoms with Gasteiger partial charge in [0.05, 0.1) is 22.7 Å². The molecule has 1 N–H and O–H groups in total. The zero-order valence-corrected chi connectivity index (χ0v) is 19.2. The quantitative estimate of drug-likeness (QED) is 0.354. The van der Waals surface area contributed by atoms with Gasteiger partial charge in [-0.15, -0.1) is 0 Å². The molecule has 0 radical (unpaired) electrons. The van der Waals surface area contributed by atoms with Crippen molar-refractivity contribution >= 4 is 45.3 Å². The minimum atomic E-state index is -4.12. The molecule has 33 heavy (non-hydrogen) atoms. The second-order valence-corrected chi connectivity index (χ2v) is 9.56. The molecule has 0 saturated carbocycles. The number of sulfonamides is 1. The Bertz CT molecular complexity index is 1250. The molecule has 0 bridgehead atoms. The van der Waals surface area contributed by atoms with Gasteiger partial charge in [0, 0.05) is 17.1 Å². The van der Waals surface area contributed by atoms with Gasteiger partial charge < -0.3 is 0 Å². The lowest BCUT2D eigenvalue weighted by Gasteiger charge is -2.21. The lowest BCUT2D eigenvalue weighted by Crippen LogP contribution is -2.39. The van der Waals surface area contributed by atoms with Gasteiger partial charge in [0.2, 0.25) is 10.0 Å². The van der Waals surface area contributed by atoms with E-state index in [1.807, 2.05) is 0 Å². The van der Waals surface area contributed by atoms with Crippen LogP contribution in [0.1, 0.15) is 11.1 Å². The average Bonchev–Trinajstić information content (AvgIpc) is 2.77. The van der Waals surface area contributed by atoms with Crippen molar-refractivity contribution in [2.75, 3.05) is 6.54 Å². The number of hydrogen-bond donors (Lipinski definition) is 1. The van der Waals surface area contributed by atoms with Crippen LogP contribution >= 0.6 is 23.2 Å². The third kappa shape index (κ3) is 6.58. The van der Waals surface area contributed by atoms with Gasteiger partial charge in [0.1, 0.15) is 11.6 Å². The maximum atomic E-state index is 13.8. The summed E-state index contributed by atoms with van der Waals surface area (Å²) in [6, 6.07) is 14.7. The van der Waals surface area contributed by atoms with Crippen molar-refractivity contribution in [3.8, 4) is 0 Å². The van der Waals surface area contributed by atoms with Gasteiger partial charge in [0.25, 0.3) is 5.91 Å². The lowest BCUT2D eigenvalue weighted by atomic mass is 10.2. The van der Waals surface area contributed by atoms with E-state index in [0.717, 1.165) is 10.5 Å². The number of hydrogen-bond acceptors (Lipinski definition) is 4. The van der Waals surface area contributed by atoms with E-state index in [-0.39, 0.29) is 22.0 Å². The average molecular weight is 512 g/mol. The third-order valence-corrected chi connectivity index (χ3v) is 6.81. The first kappa shape index (κ1) is 24.8. The van der Waals surface area contributed by atoms with Crippen LogP contribution in [0.2, 0.25) is 10.0 Å². The summed E-state index contributed by atoms with van der Waals surface area (Å²) in [5, 5.41) is 4.10. The van der Waals surface area contributed by atoms with Crippen molar-refractivity contribution in [2.45, 2.75) is 11.4 Å². The Morgan fingerprint density at radius 3 is 2.30 bits per heavy atom. The van der Waals surface area contributed by atoms with Crippen LogP contribution in [-0.4, -0.2) is 31.4 Å². The molecule has 0 unspecified atom stereocenters. The molecule has 3 aromatic carbocycles. The molecule has 0 saturated heterocycles. The van der Waals surface area contributed by atoms with Crippen LogP contribution in [0.4, 0.5) is 8.78 Å². The van der Waals surface area contributed by atoms with Crippen molar-refractivity contribution in [3.05, 3.63) is 99.5 Å². The Labute approximate surface area is 199 Å². The second kappa shape index (κ2) is 10.8. The van der Waals surface area contributed by atoms with E-state index in [9.17, 15) is 22.0 Å². The van der Waals surface area contributed by atoms with Gasteiger partial charge in [-0.3, -0.25) is 4.79 Å². The van der Waals surface area contributed by atoms with E-state index in [2.05, 4.69) is 10.5 Å². The van der Waals surface area contributed by atoms with Crippen molar-refractivity contribution in [2.24, 2.45) is 5.10 Å². The standard InChI is InChI=1S/C22H17Cl2F2N3O3S/c23-16-6-10-18(11-7-16)33(31,32)29(13-15-4-8-17(25)9-5-15)14-22(30)28-27-12-19-20(24)2-1-3-21(19)26/h1-12H,13-14H2,(H,28,30)/b27-12-. The molecule has 0 aliphatic carbocycles. The Morgan fingerprint density at radius 1 is 1.00 bits per heavy atom. The summed E-state index contributed by atoms with van der Waals surface area (Å²) >= 11 is 11.7. The van der Waals surface area contributed by atoms with E-state index in [4.69, 9.17) is 23.2 Å². The van der Waals surface area contributed by atoms with Crippen LogP contribution < -0.4 is 5.43 Å². The molecule has 0 heterocycles.